The van der Waals surface area contributed by atoms with Crippen molar-refractivity contribution in [1.29, 1.82) is 0 Å². The van der Waals surface area contributed by atoms with Crippen LogP contribution < -0.4 is 5.32 Å². The highest BCUT2D eigenvalue weighted by atomic mass is 32.2. The van der Waals surface area contributed by atoms with Crippen LogP contribution in [0.25, 0.3) is 10.9 Å². The number of carbonyl (C=O) groups excluding carboxylic acids is 1. The van der Waals surface area contributed by atoms with Gasteiger partial charge in [-0.25, -0.2) is 12.4 Å². The average Bonchev–Trinajstić information content (AvgIpc) is 3.36. The molecular weight excluding hydrogens is 457 g/mol. The van der Waals surface area contributed by atoms with E-state index in [9.17, 15) is 31.5 Å². The van der Waals surface area contributed by atoms with Gasteiger partial charge in [-0.3, -0.25) is 4.79 Å². The van der Waals surface area contributed by atoms with Crippen molar-refractivity contribution in [3.63, 3.8) is 0 Å². The molecule has 0 saturated heterocycles. The van der Waals surface area contributed by atoms with E-state index in [1.54, 1.807) is 12.2 Å². The number of allylic oxidation sites excluding steroid dienone is 3. The number of halogens is 3. The minimum absolute atomic E-state index is 0.000166. The fourth-order valence-electron chi connectivity index (χ4n) is 4.02. The Kier molecular flexibility index (Phi) is 5.42. The zero-order chi connectivity index (χ0) is 24.2. The first-order valence-electron chi connectivity index (χ1n) is 10.6. The molecule has 6 nitrogen and oxygen atoms in total. The Bertz CT molecular complexity index is 1290. The molecule has 2 aliphatic rings. The van der Waals surface area contributed by atoms with E-state index in [0.29, 0.717) is 5.39 Å². The monoisotopic (exact) mass is 482 g/mol. The fourth-order valence-corrected chi connectivity index (χ4v) is 5.91. The van der Waals surface area contributed by atoms with Gasteiger partial charge >= 0.3 is 6.18 Å². The number of benzene rings is 1. The van der Waals surface area contributed by atoms with Gasteiger partial charge in [-0.15, -0.1) is 0 Å². The van der Waals surface area contributed by atoms with E-state index in [-0.39, 0.29) is 41.4 Å². The van der Waals surface area contributed by atoms with Gasteiger partial charge in [0.05, 0.1) is 24.2 Å². The number of alkyl halides is 3. The van der Waals surface area contributed by atoms with Gasteiger partial charge in [-0.1, -0.05) is 25.1 Å². The van der Waals surface area contributed by atoms with Crippen molar-refractivity contribution in [1.82, 2.24) is 9.29 Å². The van der Waals surface area contributed by atoms with E-state index in [2.05, 4.69) is 5.32 Å². The highest BCUT2D eigenvalue weighted by Gasteiger charge is 2.47. The number of fused-ring (bicyclic) bond motifs is 1. The average molecular weight is 483 g/mol. The van der Waals surface area contributed by atoms with Crippen LogP contribution in [0.15, 0.2) is 48.3 Å². The molecule has 4 rings (SSSR count). The molecule has 2 aliphatic carbocycles. The molecule has 10 heteroatoms. The lowest BCUT2D eigenvalue weighted by atomic mass is 10.00. The molecule has 1 atom stereocenters. The molecule has 1 amide bonds. The maximum Gasteiger partial charge on any atom is 0.393 e. The molecule has 0 aliphatic heterocycles. The molecule has 2 N–H and O–H groups in total. The Morgan fingerprint density at radius 1 is 1.21 bits per heavy atom. The quantitative estimate of drug-likeness (QED) is 0.635. The van der Waals surface area contributed by atoms with Crippen LogP contribution in [0.5, 0.6) is 0 Å². The summed E-state index contributed by atoms with van der Waals surface area (Å²) in [6, 6.07) is 5.37. The van der Waals surface area contributed by atoms with Crippen LogP contribution in [-0.2, 0) is 27.8 Å². The Balaban J connectivity index is 1.82. The number of hydrogen-bond donors (Lipinski definition) is 2. The minimum Gasteiger partial charge on any atom is -0.511 e. The third kappa shape index (κ3) is 4.16. The first-order chi connectivity index (χ1) is 15.3. The molecule has 1 aromatic carbocycles. The van der Waals surface area contributed by atoms with Gasteiger partial charge in [0.25, 0.3) is 10.0 Å². The molecule has 0 spiro atoms. The van der Waals surface area contributed by atoms with Crippen molar-refractivity contribution in [3.05, 3.63) is 59.5 Å². The predicted molar refractivity (Wildman–Crippen MR) is 118 cm³/mol. The molecule has 0 bridgehead atoms. The van der Waals surface area contributed by atoms with Gasteiger partial charge in [0, 0.05) is 10.8 Å². The number of amides is 1. The van der Waals surface area contributed by atoms with E-state index in [0.717, 1.165) is 16.8 Å². The van der Waals surface area contributed by atoms with Crippen molar-refractivity contribution in [2.45, 2.75) is 57.0 Å². The van der Waals surface area contributed by atoms with Crippen molar-refractivity contribution in [3.8, 4) is 0 Å². The first-order valence-corrected chi connectivity index (χ1v) is 12.0. The van der Waals surface area contributed by atoms with Gasteiger partial charge in [-0.2, -0.15) is 13.2 Å². The highest BCUT2D eigenvalue weighted by Crippen LogP contribution is 2.45. The second-order valence-electron chi connectivity index (χ2n) is 9.25. The van der Waals surface area contributed by atoms with Crippen molar-refractivity contribution >= 4 is 26.8 Å². The smallest absolute Gasteiger partial charge is 0.393 e. The molecule has 0 radical (unpaired) electrons. The lowest BCUT2D eigenvalue weighted by Gasteiger charge is -2.31. The predicted octanol–water partition coefficient (Wildman–Crippen LogP) is 4.50. The number of rotatable bonds is 6. The maximum atomic E-state index is 13.8. The molecular formula is C23H25F3N2O4S. The Morgan fingerprint density at radius 3 is 2.52 bits per heavy atom. The Labute approximate surface area is 189 Å². The maximum absolute atomic E-state index is 13.8. The van der Waals surface area contributed by atoms with Crippen LogP contribution in [0.1, 0.15) is 44.4 Å². The van der Waals surface area contributed by atoms with E-state index in [1.165, 1.54) is 37.3 Å². The normalized spacial score (nSPS) is 22.3. The minimum atomic E-state index is -4.41. The molecule has 1 aromatic heterocycles. The second-order valence-corrected chi connectivity index (χ2v) is 11.5. The second kappa shape index (κ2) is 7.65. The summed E-state index contributed by atoms with van der Waals surface area (Å²) in [5.41, 5.74) is -0.0848. The van der Waals surface area contributed by atoms with Gasteiger partial charge in [-0.05, 0) is 56.0 Å². The van der Waals surface area contributed by atoms with Crippen LogP contribution in [-0.4, -0.2) is 34.3 Å². The lowest BCUT2D eigenvalue weighted by Crippen LogP contribution is -2.43. The van der Waals surface area contributed by atoms with Crippen LogP contribution in [0.2, 0.25) is 0 Å². The van der Waals surface area contributed by atoms with Crippen molar-refractivity contribution < 1.29 is 31.5 Å². The summed E-state index contributed by atoms with van der Waals surface area (Å²) >= 11 is 0. The molecule has 1 fully saturated rings. The number of nitrogens with zero attached hydrogens (tertiary/aromatic N) is 1. The van der Waals surface area contributed by atoms with Gasteiger partial charge in [0.15, 0.2) is 0 Å². The van der Waals surface area contributed by atoms with Crippen LogP contribution in [0.3, 0.4) is 0 Å². The zero-order valence-electron chi connectivity index (χ0n) is 18.2. The van der Waals surface area contributed by atoms with Gasteiger partial charge in [0.2, 0.25) is 5.91 Å². The summed E-state index contributed by atoms with van der Waals surface area (Å²) in [6.45, 7) is 3.10. The Hall–Kier alpha value is -2.75. The molecule has 1 unspecified atom stereocenters. The SMILES string of the molecule is CC1(C(=O)NCc2cc3cc(CC(F)(F)F)ccc3n2S(=O)(=O)C2(C)CC=CC=C2O)CC1. The molecule has 1 saturated carbocycles. The van der Waals surface area contributed by atoms with Crippen LogP contribution in [0.4, 0.5) is 13.2 Å². The number of carbonyl (C=O) groups is 1. The fraction of sp³-hybridized carbons (Fsp3) is 0.435. The summed E-state index contributed by atoms with van der Waals surface area (Å²) in [5, 5.41) is 13.5. The van der Waals surface area contributed by atoms with E-state index in [1.807, 2.05) is 6.92 Å². The zero-order valence-corrected chi connectivity index (χ0v) is 19.1. The molecule has 2 aromatic rings. The molecule has 178 valence electrons. The number of aromatic nitrogens is 1. The Morgan fingerprint density at radius 2 is 1.91 bits per heavy atom. The number of hydrogen-bond acceptors (Lipinski definition) is 4. The summed E-state index contributed by atoms with van der Waals surface area (Å²) in [6.07, 6.45) is 0.445. The van der Waals surface area contributed by atoms with Crippen molar-refractivity contribution in [2.75, 3.05) is 0 Å². The van der Waals surface area contributed by atoms with E-state index in [4.69, 9.17) is 0 Å². The molecule has 33 heavy (non-hydrogen) atoms. The van der Waals surface area contributed by atoms with Crippen molar-refractivity contribution in [2.24, 2.45) is 5.41 Å². The van der Waals surface area contributed by atoms with Gasteiger partial charge < -0.3 is 10.4 Å². The van der Waals surface area contributed by atoms with E-state index >= 15 is 0 Å². The highest BCUT2D eigenvalue weighted by molar-refractivity contribution is 7.91. The standard InChI is InChI=1S/C23H25F3N2O4S/c1-21(9-10-21)20(30)27-14-17-12-16-11-15(13-23(24,25)26)6-7-18(16)28(17)33(31,32)22(2)8-4-3-5-19(22)29/h3-7,11-12,29H,8-10,13-14H2,1-2H3,(H,27,30). The van der Waals surface area contributed by atoms with Gasteiger partial charge in [0.1, 0.15) is 10.5 Å². The lowest BCUT2D eigenvalue weighted by molar-refractivity contribution is -0.127. The molecule has 1 heterocycles. The third-order valence-corrected chi connectivity index (χ3v) is 8.95. The topological polar surface area (TPSA) is 88.4 Å². The number of aliphatic hydroxyl groups excluding tert-OH is 1. The van der Waals surface area contributed by atoms with E-state index < -0.39 is 32.8 Å². The van der Waals surface area contributed by atoms with Crippen LogP contribution in [0, 0.1) is 5.41 Å². The summed E-state index contributed by atoms with van der Waals surface area (Å²) in [5.74, 6) is -0.537. The summed E-state index contributed by atoms with van der Waals surface area (Å²) in [4.78, 5) is 12.5. The first kappa shape index (κ1) is 23.4. The third-order valence-electron chi connectivity index (χ3n) is 6.53. The van der Waals surface area contributed by atoms with Crippen LogP contribution >= 0.6 is 0 Å². The summed E-state index contributed by atoms with van der Waals surface area (Å²) in [7, 11) is -4.27. The number of aliphatic hydroxyl groups is 1. The largest absolute Gasteiger partial charge is 0.511 e. The number of nitrogens with one attached hydrogen (secondary N) is 1. The summed E-state index contributed by atoms with van der Waals surface area (Å²) < 4.78 is 65.7.